The van der Waals surface area contributed by atoms with Gasteiger partial charge in [-0.2, -0.15) is 0 Å². The predicted molar refractivity (Wildman–Crippen MR) is 95.9 cm³/mol. The van der Waals surface area contributed by atoms with E-state index in [-0.39, 0.29) is 17.7 Å². The molecule has 0 aliphatic carbocycles. The molecule has 1 fully saturated rings. The molecule has 126 valence electrons. The van der Waals surface area contributed by atoms with Gasteiger partial charge in [-0.05, 0) is 23.3 Å². The molecule has 0 N–H and O–H groups in total. The van der Waals surface area contributed by atoms with Gasteiger partial charge in [-0.25, -0.2) is 0 Å². The number of fused-ring (bicyclic) bond motifs is 1. The zero-order valence-corrected chi connectivity index (χ0v) is 14.4. The second kappa shape index (κ2) is 7.04. The number of amides is 2. The van der Waals surface area contributed by atoms with Crippen LogP contribution in [-0.2, 0) is 4.79 Å². The molecule has 0 bridgehead atoms. The number of hydrogen-bond acceptors (Lipinski definition) is 2. The summed E-state index contributed by atoms with van der Waals surface area (Å²) in [5.74, 6) is 0.241. The van der Waals surface area contributed by atoms with Gasteiger partial charge in [0.05, 0.1) is 0 Å². The highest BCUT2D eigenvalue weighted by Crippen LogP contribution is 2.21. The minimum atomic E-state index is 0.00492. The fraction of sp³-hybridized carbons (Fsp3) is 0.400. The van der Waals surface area contributed by atoms with Gasteiger partial charge in [0.1, 0.15) is 0 Å². The molecule has 4 nitrogen and oxygen atoms in total. The molecular formula is C20H24N2O2. The van der Waals surface area contributed by atoms with Crippen LogP contribution in [0.3, 0.4) is 0 Å². The molecule has 1 aliphatic rings. The van der Waals surface area contributed by atoms with Crippen molar-refractivity contribution in [3.8, 4) is 0 Å². The summed E-state index contributed by atoms with van der Waals surface area (Å²) in [6, 6.07) is 13.8. The van der Waals surface area contributed by atoms with Gasteiger partial charge < -0.3 is 9.80 Å². The maximum atomic E-state index is 13.0. The van der Waals surface area contributed by atoms with Crippen LogP contribution < -0.4 is 0 Å². The Labute approximate surface area is 143 Å². The zero-order chi connectivity index (χ0) is 17.1. The standard InChI is InChI=1S/C20H24N2O2/c1-15(2)19(23)21-11-6-12-22(14-13-21)20(24)18-10-5-8-16-7-3-4-9-17(16)18/h3-5,7-10,15H,6,11-14H2,1-2H3. The molecule has 0 unspecified atom stereocenters. The number of hydrogen-bond donors (Lipinski definition) is 0. The summed E-state index contributed by atoms with van der Waals surface area (Å²) in [6.45, 7) is 6.49. The summed E-state index contributed by atoms with van der Waals surface area (Å²) >= 11 is 0. The van der Waals surface area contributed by atoms with Crippen LogP contribution in [-0.4, -0.2) is 47.8 Å². The van der Waals surface area contributed by atoms with E-state index < -0.39 is 0 Å². The Balaban J connectivity index is 1.79. The van der Waals surface area contributed by atoms with Gasteiger partial charge in [0, 0.05) is 37.7 Å². The highest BCUT2D eigenvalue weighted by Gasteiger charge is 2.24. The van der Waals surface area contributed by atoms with Gasteiger partial charge in [0.2, 0.25) is 5.91 Å². The third-order valence-corrected chi connectivity index (χ3v) is 4.61. The van der Waals surface area contributed by atoms with E-state index in [4.69, 9.17) is 0 Å². The van der Waals surface area contributed by atoms with Crippen molar-refractivity contribution in [2.45, 2.75) is 20.3 Å². The second-order valence-corrected chi connectivity index (χ2v) is 6.65. The summed E-state index contributed by atoms with van der Waals surface area (Å²) in [5.41, 5.74) is 0.747. The normalized spacial score (nSPS) is 15.6. The van der Waals surface area contributed by atoms with Crippen molar-refractivity contribution in [1.29, 1.82) is 0 Å². The predicted octanol–water partition coefficient (Wildman–Crippen LogP) is 3.17. The largest absolute Gasteiger partial charge is 0.341 e. The van der Waals surface area contributed by atoms with Crippen LogP contribution in [0.5, 0.6) is 0 Å². The third kappa shape index (κ3) is 3.28. The molecule has 1 heterocycles. The Morgan fingerprint density at radius 3 is 2.33 bits per heavy atom. The van der Waals surface area contributed by atoms with Crippen molar-refractivity contribution >= 4 is 22.6 Å². The lowest BCUT2D eigenvalue weighted by atomic mass is 10.0. The summed E-state index contributed by atoms with van der Waals surface area (Å²) < 4.78 is 0. The maximum Gasteiger partial charge on any atom is 0.254 e. The fourth-order valence-electron chi connectivity index (χ4n) is 3.29. The smallest absolute Gasteiger partial charge is 0.254 e. The van der Waals surface area contributed by atoms with Crippen molar-refractivity contribution < 1.29 is 9.59 Å². The Hall–Kier alpha value is -2.36. The average molecular weight is 324 g/mol. The van der Waals surface area contributed by atoms with Gasteiger partial charge in [-0.3, -0.25) is 9.59 Å². The number of carbonyl (C=O) groups excluding carboxylic acids is 2. The van der Waals surface area contributed by atoms with E-state index in [0.29, 0.717) is 19.6 Å². The second-order valence-electron chi connectivity index (χ2n) is 6.65. The molecular weight excluding hydrogens is 300 g/mol. The topological polar surface area (TPSA) is 40.6 Å². The van der Waals surface area contributed by atoms with Crippen LogP contribution in [0.1, 0.15) is 30.6 Å². The first-order valence-electron chi connectivity index (χ1n) is 8.64. The van der Waals surface area contributed by atoms with Crippen LogP contribution in [0.2, 0.25) is 0 Å². The molecule has 0 aromatic heterocycles. The highest BCUT2D eigenvalue weighted by molar-refractivity contribution is 6.07. The van der Waals surface area contributed by atoms with Crippen LogP contribution in [0.15, 0.2) is 42.5 Å². The van der Waals surface area contributed by atoms with Crippen LogP contribution in [0, 0.1) is 5.92 Å². The molecule has 1 saturated heterocycles. The van der Waals surface area contributed by atoms with Crippen molar-refractivity contribution in [2.24, 2.45) is 5.92 Å². The van der Waals surface area contributed by atoms with Crippen molar-refractivity contribution in [1.82, 2.24) is 9.80 Å². The van der Waals surface area contributed by atoms with Crippen LogP contribution in [0.25, 0.3) is 10.8 Å². The Bertz CT molecular complexity index is 749. The highest BCUT2D eigenvalue weighted by atomic mass is 16.2. The molecule has 0 radical (unpaired) electrons. The maximum absolute atomic E-state index is 13.0. The van der Waals surface area contributed by atoms with Crippen LogP contribution >= 0.6 is 0 Å². The average Bonchev–Trinajstić information content (AvgIpc) is 2.86. The van der Waals surface area contributed by atoms with E-state index in [0.717, 1.165) is 29.3 Å². The molecule has 4 heteroatoms. The summed E-state index contributed by atoms with van der Waals surface area (Å²) in [7, 11) is 0. The van der Waals surface area contributed by atoms with E-state index in [1.165, 1.54) is 0 Å². The molecule has 24 heavy (non-hydrogen) atoms. The Morgan fingerprint density at radius 1 is 0.875 bits per heavy atom. The van der Waals surface area contributed by atoms with Crippen molar-refractivity contribution in [3.63, 3.8) is 0 Å². The lowest BCUT2D eigenvalue weighted by molar-refractivity contribution is -0.134. The monoisotopic (exact) mass is 324 g/mol. The van der Waals surface area contributed by atoms with Gasteiger partial charge >= 0.3 is 0 Å². The summed E-state index contributed by atoms with van der Waals surface area (Å²) in [5, 5.41) is 2.07. The molecule has 3 rings (SSSR count). The first-order valence-corrected chi connectivity index (χ1v) is 8.64. The number of carbonyl (C=O) groups is 2. The summed E-state index contributed by atoms with van der Waals surface area (Å²) in [6.07, 6.45) is 0.828. The van der Waals surface area contributed by atoms with E-state index in [1.54, 1.807) is 0 Å². The van der Waals surface area contributed by atoms with Gasteiger partial charge in [0.25, 0.3) is 5.91 Å². The number of rotatable bonds is 2. The molecule has 2 aromatic rings. The summed E-state index contributed by atoms with van der Waals surface area (Å²) in [4.78, 5) is 29.0. The molecule has 2 amide bonds. The Morgan fingerprint density at radius 2 is 1.54 bits per heavy atom. The Kier molecular flexibility index (Phi) is 4.84. The first kappa shape index (κ1) is 16.5. The first-order chi connectivity index (χ1) is 11.6. The van der Waals surface area contributed by atoms with E-state index in [1.807, 2.05) is 66.1 Å². The van der Waals surface area contributed by atoms with E-state index in [9.17, 15) is 9.59 Å². The van der Waals surface area contributed by atoms with Gasteiger partial charge in [-0.15, -0.1) is 0 Å². The molecule has 2 aromatic carbocycles. The van der Waals surface area contributed by atoms with Gasteiger partial charge in [-0.1, -0.05) is 50.2 Å². The lowest BCUT2D eigenvalue weighted by Gasteiger charge is -2.24. The minimum Gasteiger partial charge on any atom is -0.341 e. The number of nitrogens with zero attached hydrogens (tertiary/aromatic N) is 2. The van der Waals surface area contributed by atoms with Crippen LogP contribution in [0.4, 0.5) is 0 Å². The van der Waals surface area contributed by atoms with E-state index >= 15 is 0 Å². The van der Waals surface area contributed by atoms with E-state index in [2.05, 4.69) is 0 Å². The van der Waals surface area contributed by atoms with Crippen molar-refractivity contribution in [2.75, 3.05) is 26.2 Å². The molecule has 0 atom stereocenters. The third-order valence-electron chi connectivity index (χ3n) is 4.61. The van der Waals surface area contributed by atoms with Gasteiger partial charge in [0.15, 0.2) is 0 Å². The SMILES string of the molecule is CC(C)C(=O)N1CCCN(C(=O)c2cccc3ccccc23)CC1. The molecule has 1 aliphatic heterocycles. The van der Waals surface area contributed by atoms with Crippen molar-refractivity contribution in [3.05, 3.63) is 48.0 Å². The molecule has 0 spiro atoms. The zero-order valence-electron chi connectivity index (χ0n) is 14.4. The minimum absolute atomic E-state index is 0.00492. The lowest BCUT2D eigenvalue weighted by Crippen LogP contribution is -2.39. The quantitative estimate of drug-likeness (QED) is 0.851. The number of benzene rings is 2. The fourth-order valence-corrected chi connectivity index (χ4v) is 3.29. The molecule has 0 saturated carbocycles.